The van der Waals surface area contributed by atoms with Crippen LogP contribution in [0.25, 0.3) is 0 Å². The van der Waals surface area contributed by atoms with Crippen LogP contribution in [-0.4, -0.2) is 27.3 Å². The monoisotopic (exact) mass is 295 g/mol. The number of nitriles is 1. The highest BCUT2D eigenvalue weighted by atomic mass is 32.2. The van der Waals surface area contributed by atoms with Gasteiger partial charge in [0.2, 0.25) is 0 Å². The van der Waals surface area contributed by atoms with Gasteiger partial charge in [0.05, 0.1) is 11.8 Å². The summed E-state index contributed by atoms with van der Waals surface area (Å²) in [5, 5.41) is 8.73. The molecule has 1 N–H and O–H groups in total. The van der Waals surface area contributed by atoms with E-state index in [1.54, 1.807) is 20.8 Å². The van der Waals surface area contributed by atoms with Crippen molar-refractivity contribution in [2.45, 2.75) is 50.6 Å². The van der Waals surface area contributed by atoms with Gasteiger partial charge in [-0.25, -0.2) is 4.98 Å². The molecule has 6 nitrogen and oxygen atoms in total. The summed E-state index contributed by atoms with van der Waals surface area (Å²) in [5.41, 5.74) is -0.0243. The standard InChI is InChI=1S/C13H17N3O3S/c1-5-10-9(6-14)11(17)16-13(15-10)20-8(4)12(18)19-7(2)3/h7-8H,5H2,1-4H3,(H,15,16,17)/t8-/m0/s1. The summed E-state index contributed by atoms with van der Waals surface area (Å²) in [4.78, 5) is 30.1. The first-order valence-electron chi connectivity index (χ1n) is 6.29. The quantitative estimate of drug-likeness (QED) is 0.504. The molecule has 1 aromatic heterocycles. The second-order valence-corrected chi connectivity index (χ2v) is 5.73. The summed E-state index contributed by atoms with van der Waals surface area (Å²) in [6.07, 6.45) is 0.287. The molecule has 1 atom stereocenters. The summed E-state index contributed by atoms with van der Waals surface area (Å²) >= 11 is 1.11. The van der Waals surface area contributed by atoms with Crippen LogP contribution >= 0.6 is 11.8 Å². The molecule has 1 heterocycles. The molecule has 1 aromatic rings. The lowest BCUT2D eigenvalue weighted by atomic mass is 10.2. The van der Waals surface area contributed by atoms with Crippen molar-refractivity contribution in [2.24, 2.45) is 0 Å². The highest BCUT2D eigenvalue weighted by Crippen LogP contribution is 2.20. The van der Waals surface area contributed by atoms with Gasteiger partial charge >= 0.3 is 5.97 Å². The maximum atomic E-state index is 11.7. The number of aromatic nitrogens is 2. The van der Waals surface area contributed by atoms with Gasteiger partial charge in [-0.3, -0.25) is 9.59 Å². The van der Waals surface area contributed by atoms with Gasteiger partial charge < -0.3 is 9.72 Å². The lowest BCUT2D eigenvalue weighted by molar-refractivity contribution is -0.146. The Bertz CT molecular complexity index is 590. The summed E-state index contributed by atoms with van der Waals surface area (Å²) in [6, 6.07) is 1.84. The zero-order valence-electron chi connectivity index (χ0n) is 11.9. The number of hydrogen-bond donors (Lipinski definition) is 1. The number of esters is 1. The molecule has 0 radical (unpaired) electrons. The maximum absolute atomic E-state index is 11.7. The smallest absolute Gasteiger partial charge is 0.319 e. The van der Waals surface area contributed by atoms with Gasteiger partial charge in [-0.1, -0.05) is 18.7 Å². The number of carbonyl (C=O) groups is 1. The van der Waals surface area contributed by atoms with Crippen LogP contribution in [0.3, 0.4) is 0 Å². The fourth-order valence-electron chi connectivity index (χ4n) is 1.47. The van der Waals surface area contributed by atoms with Gasteiger partial charge in [-0.2, -0.15) is 5.26 Å². The zero-order chi connectivity index (χ0) is 15.3. The molecule has 108 valence electrons. The van der Waals surface area contributed by atoms with Crippen molar-refractivity contribution in [1.29, 1.82) is 5.26 Å². The Kier molecular flexibility index (Phi) is 5.77. The number of aryl methyl sites for hydroxylation is 1. The lowest BCUT2D eigenvalue weighted by Gasteiger charge is -2.13. The van der Waals surface area contributed by atoms with Crippen LogP contribution in [0.5, 0.6) is 0 Å². The van der Waals surface area contributed by atoms with Crippen LogP contribution < -0.4 is 5.56 Å². The Morgan fingerprint density at radius 1 is 1.50 bits per heavy atom. The fourth-order valence-corrected chi connectivity index (χ4v) is 2.27. The first kappa shape index (κ1) is 16.2. The van der Waals surface area contributed by atoms with Crippen molar-refractivity contribution < 1.29 is 9.53 Å². The van der Waals surface area contributed by atoms with Crippen molar-refractivity contribution in [3.63, 3.8) is 0 Å². The number of nitrogens with zero attached hydrogens (tertiary/aromatic N) is 2. The second kappa shape index (κ2) is 7.10. The van der Waals surface area contributed by atoms with Crippen molar-refractivity contribution in [2.75, 3.05) is 0 Å². The number of aromatic amines is 1. The Morgan fingerprint density at radius 2 is 2.15 bits per heavy atom. The molecule has 0 fully saturated rings. The van der Waals surface area contributed by atoms with Gasteiger partial charge in [0, 0.05) is 0 Å². The molecule has 0 aliphatic rings. The summed E-state index contributed by atoms with van der Waals surface area (Å²) in [5.74, 6) is -0.366. The molecule has 20 heavy (non-hydrogen) atoms. The van der Waals surface area contributed by atoms with Gasteiger partial charge in [-0.05, 0) is 27.2 Å². The minimum Gasteiger partial charge on any atom is -0.462 e. The van der Waals surface area contributed by atoms with E-state index in [1.165, 1.54) is 0 Å². The number of thioether (sulfide) groups is 1. The summed E-state index contributed by atoms with van der Waals surface area (Å²) in [6.45, 7) is 7.03. The maximum Gasteiger partial charge on any atom is 0.319 e. The van der Waals surface area contributed by atoms with Crippen LogP contribution in [0.2, 0.25) is 0 Å². The van der Waals surface area contributed by atoms with E-state index in [2.05, 4.69) is 9.97 Å². The minimum atomic E-state index is -0.488. The first-order valence-corrected chi connectivity index (χ1v) is 7.17. The van der Waals surface area contributed by atoms with Crippen molar-refractivity contribution in [3.05, 3.63) is 21.6 Å². The van der Waals surface area contributed by atoms with Crippen molar-refractivity contribution in [3.8, 4) is 6.07 Å². The second-order valence-electron chi connectivity index (χ2n) is 4.40. The molecule has 0 aromatic carbocycles. The van der Waals surface area contributed by atoms with Crippen molar-refractivity contribution >= 4 is 17.7 Å². The predicted octanol–water partition coefficient (Wildman–Crippen LogP) is 1.64. The minimum absolute atomic E-state index is 0.0225. The van der Waals surface area contributed by atoms with Crippen LogP contribution in [0, 0.1) is 11.3 Å². The van der Waals surface area contributed by atoms with Crippen LogP contribution in [0.1, 0.15) is 39.0 Å². The van der Waals surface area contributed by atoms with E-state index >= 15 is 0 Å². The SMILES string of the molecule is CCc1nc(S[C@@H](C)C(=O)OC(C)C)[nH]c(=O)c1C#N. The third-order valence-electron chi connectivity index (χ3n) is 2.39. The molecule has 0 amide bonds. The number of H-pyrrole nitrogens is 1. The van der Waals surface area contributed by atoms with E-state index < -0.39 is 10.8 Å². The van der Waals surface area contributed by atoms with Crippen molar-refractivity contribution in [1.82, 2.24) is 9.97 Å². The third-order valence-corrected chi connectivity index (χ3v) is 3.35. The van der Waals surface area contributed by atoms with E-state index in [4.69, 9.17) is 10.00 Å². The summed E-state index contributed by atoms with van der Waals surface area (Å²) < 4.78 is 5.08. The fraction of sp³-hybridized carbons (Fsp3) is 0.538. The molecule has 0 saturated carbocycles. The number of rotatable bonds is 5. The third kappa shape index (κ3) is 4.10. The molecule has 0 bridgehead atoms. The molecular formula is C13H17N3O3S. The molecule has 0 spiro atoms. The normalized spacial score (nSPS) is 12.0. The Hall–Kier alpha value is -1.81. The Balaban J connectivity index is 2.94. The van der Waals surface area contributed by atoms with Crippen LogP contribution in [-0.2, 0) is 16.0 Å². The highest BCUT2D eigenvalue weighted by Gasteiger charge is 2.19. The van der Waals surface area contributed by atoms with Gasteiger partial charge in [0.15, 0.2) is 5.16 Å². The first-order chi connectivity index (χ1) is 9.38. The van der Waals surface area contributed by atoms with Crippen LogP contribution in [0.4, 0.5) is 0 Å². The van der Waals surface area contributed by atoms with E-state index in [1.807, 2.05) is 13.0 Å². The van der Waals surface area contributed by atoms with E-state index in [0.717, 1.165) is 11.8 Å². The molecule has 0 unspecified atom stereocenters. The van der Waals surface area contributed by atoms with E-state index in [0.29, 0.717) is 17.3 Å². The number of carbonyl (C=O) groups excluding carboxylic acids is 1. The van der Waals surface area contributed by atoms with Gasteiger partial charge in [0.1, 0.15) is 16.9 Å². The largest absolute Gasteiger partial charge is 0.462 e. The Labute approximate surface area is 121 Å². The molecular weight excluding hydrogens is 278 g/mol. The average Bonchev–Trinajstić information content (AvgIpc) is 2.37. The molecule has 0 aliphatic heterocycles. The zero-order valence-corrected chi connectivity index (χ0v) is 12.7. The molecule has 0 saturated heterocycles. The van der Waals surface area contributed by atoms with Gasteiger partial charge in [0.25, 0.3) is 5.56 Å². The topological polar surface area (TPSA) is 95.8 Å². The van der Waals surface area contributed by atoms with Gasteiger partial charge in [-0.15, -0.1) is 0 Å². The lowest BCUT2D eigenvalue weighted by Crippen LogP contribution is -2.22. The highest BCUT2D eigenvalue weighted by molar-refractivity contribution is 8.00. The van der Waals surface area contributed by atoms with Crippen LogP contribution in [0.15, 0.2) is 9.95 Å². The molecule has 1 rings (SSSR count). The molecule has 0 aliphatic carbocycles. The predicted molar refractivity (Wildman–Crippen MR) is 75.5 cm³/mol. The number of ether oxygens (including phenoxy) is 1. The number of hydrogen-bond acceptors (Lipinski definition) is 6. The Morgan fingerprint density at radius 3 is 2.65 bits per heavy atom. The number of nitrogens with one attached hydrogen (secondary N) is 1. The average molecular weight is 295 g/mol. The van der Waals surface area contributed by atoms with E-state index in [9.17, 15) is 9.59 Å². The van der Waals surface area contributed by atoms with E-state index in [-0.39, 0.29) is 17.6 Å². The molecule has 7 heteroatoms. The summed E-state index contributed by atoms with van der Waals surface area (Å²) in [7, 11) is 0.